The van der Waals surface area contributed by atoms with Crippen LogP contribution in [0.5, 0.6) is 0 Å². The molecule has 2 amide bonds. The van der Waals surface area contributed by atoms with Crippen molar-refractivity contribution in [3.05, 3.63) is 85.1 Å². The lowest BCUT2D eigenvalue weighted by Crippen LogP contribution is -2.62. The quantitative estimate of drug-likeness (QED) is 0.131. The lowest BCUT2D eigenvalue weighted by atomic mass is 9.82. The number of aliphatic hydroxyl groups excluding tert-OH is 9. The van der Waals surface area contributed by atoms with Crippen LogP contribution in [0.25, 0.3) is 0 Å². The molecule has 0 aromatic carbocycles. The molecule has 21 nitrogen and oxygen atoms in total. The van der Waals surface area contributed by atoms with Crippen molar-refractivity contribution in [2.45, 2.75) is 177 Å². The van der Waals surface area contributed by atoms with Crippen LogP contribution < -0.4 is 16.6 Å². The molecule has 0 radical (unpaired) electrons. The Balaban J connectivity index is 1.93. The smallest absolute Gasteiger partial charge is 0.425 e. The molecule has 2 bridgehead atoms. The maximum Gasteiger partial charge on any atom is 0.425 e. The SMILES string of the molecule is COC(=O)NNC(=O)[C@H]1[C@@H]2C[C@@H](O[C@H]3O[C@@H](C)[C@@H](O)[C@H](N)[C@@H]3O)/C=C/C=C/C=C/C=C/C=C/C=C/C=C/[C@H](C)[C@@H](O)[C@@H](C)[C@H](C)OC(=O)C[C@H](O)C[C@H](O)CC[C@@H](O)[C@H](O)C[C@H](O)CC(O)(C[C@@H]1O)O2. The summed E-state index contributed by atoms with van der Waals surface area (Å²) in [6.07, 6.45) is 1.93. The van der Waals surface area contributed by atoms with E-state index in [1.54, 1.807) is 86.8 Å². The first kappa shape index (κ1) is 60.1. The number of fused-ring (bicyclic) bond motifs is 2. The summed E-state index contributed by atoms with van der Waals surface area (Å²) in [5.74, 6) is -6.34. The molecule has 3 heterocycles. The van der Waals surface area contributed by atoms with Crippen LogP contribution in [0.4, 0.5) is 4.79 Å². The topological polar surface area (TPSA) is 350 Å². The largest absolute Gasteiger partial charge is 0.462 e. The average molecular weight is 996 g/mol. The molecule has 2 fully saturated rings. The van der Waals surface area contributed by atoms with E-state index in [1.165, 1.54) is 13.0 Å². The van der Waals surface area contributed by atoms with Gasteiger partial charge < -0.3 is 80.5 Å². The summed E-state index contributed by atoms with van der Waals surface area (Å²) in [6, 6.07) is -1.17. The number of esters is 1. The molecule has 0 aromatic heterocycles. The number of carbonyl (C=O) groups is 3. The predicted molar refractivity (Wildman–Crippen MR) is 253 cm³/mol. The van der Waals surface area contributed by atoms with Gasteiger partial charge >= 0.3 is 12.1 Å². The normalized spacial score (nSPS) is 42.9. The first-order valence-corrected chi connectivity index (χ1v) is 23.7. The van der Waals surface area contributed by atoms with Crippen LogP contribution in [0.1, 0.15) is 79.1 Å². The van der Waals surface area contributed by atoms with E-state index in [2.05, 4.69) is 10.2 Å². The third kappa shape index (κ3) is 20.1. The maximum atomic E-state index is 13.5. The fourth-order valence-electron chi connectivity index (χ4n) is 8.24. The number of hydrogen-bond donors (Lipinski definition) is 13. The molecular weight excluding hydrogens is 919 g/mol. The van der Waals surface area contributed by atoms with Gasteiger partial charge in [0.2, 0.25) is 5.91 Å². The lowest BCUT2D eigenvalue weighted by molar-refractivity contribution is -0.307. The molecule has 3 aliphatic heterocycles. The molecule has 3 rings (SSSR count). The zero-order valence-corrected chi connectivity index (χ0v) is 40.4. The second-order valence-electron chi connectivity index (χ2n) is 18.3. The Morgan fingerprint density at radius 3 is 1.86 bits per heavy atom. The molecule has 0 aromatic rings. The number of cyclic esters (lactones) is 1. The van der Waals surface area contributed by atoms with Gasteiger partial charge in [0.25, 0.3) is 0 Å². The van der Waals surface area contributed by atoms with E-state index in [4.69, 9.17) is 24.7 Å². The second kappa shape index (κ2) is 30.0. The Kier molecular flexibility index (Phi) is 25.8. The molecule has 1 unspecified atom stereocenters. The first-order chi connectivity index (χ1) is 33.0. The minimum Gasteiger partial charge on any atom is -0.462 e. The molecule has 396 valence electrons. The fraction of sp³-hybridized carbons (Fsp3) is 0.653. The second-order valence-corrected chi connectivity index (χ2v) is 18.3. The Morgan fingerprint density at radius 2 is 1.26 bits per heavy atom. The average Bonchev–Trinajstić information content (AvgIpc) is 3.29. The molecule has 19 atom stereocenters. The molecule has 0 saturated carbocycles. The summed E-state index contributed by atoms with van der Waals surface area (Å²) in [6.45, 7) is 6.73. The molecule has 70 heavy (non-hydrogen) atoms. The number of amides is 2. The van der Waals surface area contributed by atoms with Crippen molar-refractivity contribution in [2.24, 2.45) is 23.5 Å². The summed E-state index contributed by atoms with van der Waals surface area (Å²) < 4.78 is 28.0. The van der Waals surface area contributed by atoms with Crippen LogP contribution >= 0.6 is 0 Å². The Bertz CT molecular complexity index is 1830. The number of rotatable bonds is 3. The van der Waals surface area contributed by atoms with Gasteiger partial charge in [-0.1, -0.05) is 98.9 Å². The monoisotopic (exact) mass is 996 g/mol. The van der Waals surface area contributed by atoms with E-state index in [-0.39, 0.29) is 31.6 Å². The number of nitrogens with two attached hydrogens (primary N) is 1. The third-order valence-corrected chi connectivity index (χ3v) is 12.5. The standard InChI is InChI=1S/C49H77N3O18/c1-28-18-16-14-12-10-8-6-7-9-11-13-15-17-19-35(69-47-45(62)42(50)44(61)31(4)68-47)25-39-41(46(63)51-52-48(64)66-5)38(58)27-49(65,70-39)26-34(55)23-37(57)36(56)21-20-32(53)22-33(54)24-40(59)67-30(3)29(2)43(28)60/h6-19,28-39,41-45,47,53-58,60-62,65H,20-27,50H2,1-5H3,(H,51,63)(H,52,64)/b7-6+,10-8+,11-9+,14-12+,15-13+,18-16+,19-17+/t28-,29-,30-,31-,32+,33+,34-,35-,36+,37+,38-,39-,41+,42-,43+,44+,45-,47+,49?/m0/s1. The molecule has 2 saturated heterocycles. The van der Waals surface area contributed by atoms with Crippen LogP contribution in [-0.4, -0.2) is 174 Å². The van der Waals surface area contributed by atoms with Gasteiger partial charge in [0.15, 0.2) is 12.1 Å². The highest BCUT2D eigenvalue weighted by molar-refractivity contribution is 5.82. The van der Waals surface area contributed by atoms with E-state index in [1.807, 2.05) is 18.4 Å². The van der Waals surface area contributed by atoms with Crippen molar-refractivity contribution >= 4 is 18.0 Å². The third-order valence-electron chi connectivity index (χ3n) is 12.5. The van der Waals surface area contributed by atoms with Gasteiger partial charge in [0.05, 0.1) is 92.6 Å². The van der Waals surface area contributed by atoms with Gasteiger partial charge in [-0.05, 0) is 33.1 Å². The molecule has 0 aliphatic carbocycles. The fourth-order valence-corrected chi connectivity index (χ4v) is 8.24. The molecule has 21 heteroatoms. The first-order valence-electron chi connectivity index (χ1n) is 23.7. The van der Waals surface area contributed by atoms with Crippen molar-refractivity contribution in [1.82, 2.24) is 10.9 Å². The highest BCUT2D eigenvalue weighted by Gasteiger charge is 2.51. The zero-order valence-electron chi connectivity index (χ0n) is 40.4. The van der Waals surface area contributed by atoms with Gasteiger partial charge in [-0.2, -0.15) is 0 Å². The van der Waals surface area contributed by atoms with Crippen LogP contribution in [0.3, 0.4) is 0 Å². The van der Waals surface area contributed by atoms with Crippen LogP contribution in [0, 0.1) is 17.8 Å². The minimum absolute atomic E-state index is 0.123. The maximum absolute atomic E-state index is 13.5. The Labute approximate surface area is 409 Å². The van der Waals surface area contributed by atoms with Gasteiger partial charge in [0, 0.05) is 37.5 Å². The molecular formula is C49H77N3O18. The van der Waals surface area contributed by atoms with Crippen molar-refractivity contribution in [2.75, 3.05) is 7.11 Å². The number of carbonyl (C=O) groups excluding carboxylic acids is 3. The summed E-state index contributed by atoms with van der Waals surface area (Å²) in [4.78, 5) is 38.0. The number of allylic oxidation sites excluding steroid dienone is 12. The van der Waals surface area contributed by atoms with Crippen molar-refractivity contribution in [1.29, 1.82) is 0 Å². The van der Waals surface area contributed by atoms with Crippen LogP contribution in [0.2, 0.25) is 0 Å². The highest BCUT2D eigenvalue weighted by Crippen LogP contribution is 2.38. The lowest BCUT2D eigenvalue weighted by Gasteiger charge is -2.46. The zero-order chi connectivity index (χ0) is 52.1. The van der Waals surface area contributed by atoms with E-state index in [9.17, 15) is 65.4 Å². The Morgan fingerprint density at radius 1 is 0.671 bits per heavy atom. The minimum atomic E-state index is -2.37. The van der Waals surface area contributed by atoms with Gasteiger partial charge in [-0.25, -0.2) is 10.2 Å². The number of ether oxygens (including phenoxy) is 5. The number of hydrogen-bond acceptors (Lipinski definition) is 19. The molecule has 14 N–H and O–H groups in total. The van der Waals surface area contributed by atoms with E-state index >= 15 is 0 Å². The van der Waals surface area contributed by atoms with Gasteiger partial charge in [0.1, 0.15) is 12.2 Å². The number of aliphatic hydroxyl groups is 10. The van der Waals surface area contributed by atoms with Crippen molar-refractivity contribution in [3.63, 3.8) is 0 Å². The van der Waals surface area contributed by atoms with Crippen LogP contribution in [0.15, 0.2) is 85.1 Å². The van der Waals surface area contributed by atoms with E-state index < -0.39 is 153 Å². The summed E-state index contributed by atoms with van der Waals surface area (Å²) in [7, 11) is 1.06. The van der Waals surface area contributed by atoms with E-state index in [0.717, 1.165) is 7.11 Å². The van der Waals surface area contributed by atoms with E-state index in [0.29, 0.717) is 0 Å². The summed E-state index contributed by atoms with van der Waals surface area (Å²) in [5, 5.41) is 109. The van der Waals surface area contributed by atoms with Gasteiger partial charge in [-0.3, -0.25) is 15.0 Å². The molecule has 3 aliphatic rings. The Hall–Kier alpha value is -4.17. The summed E-state index contributed by atoms with van der Waals surface area (Å²) in [5.41, 5.74) is 10.2. The number of hydrazine groups is 1. The number of nitrogens with one attached hydrogen (secondary N) is 2. The van der Waals surface area contributed by atoms with Gasteiger partial charge in [-0.15, -0.1) is 0 Å². The van der Waals surface area contributed by atoms with Crippen molar-refractivity contribution < 1.29 is 89.1 Å². The van der Waals surface area contributed by atoms with Crippen LogP contribution in [-0.2, 0) is 33.3 Å². The summed E-state index contributed by atoms with van der Waals surface area (Å²) >= 11 is 0. The number of methoxy groups -OCH3 is 1. The van der Waals surface area contributed by atoms with Crippen molar-refractivity contribution in [3.8, 4) is 0 Å². The molecule has 0 spiro atoms. The predicted octanol–water partition coefficient (Wildman–Crippen LogP) is 0.0143. The highest BCUT2D eigenvalue weighted by atomic mass is 16.7.